The van der Waals surface area contributed by atoms with E-state index in [0.29, 0.717) is 6.42 Å². The van der Waals surface area contributed by atoms with Crippen LogP contribution in [0.2, 0.25) is 0 Å². The molecule has 0 aromatic carbocycles. The summed E-state index contributed by atoms with van der Waals surface area (Å²) >= 11 is 0. The molecule has 0 fully saturated rings. The molecule has 0 bridgehead atoms. The molecule has 0 radical (unpaired) electrons. The number of allylic oxidation sites excluding steroid dienone is 2. The molecule has 0 aromatic heterocycles. The van der Waals surface area contributed by atoms with Gasteiger partial charge in [-0.15, -0.1) is 12.3 Å². The van der Waals surface area contributed by atoms with Crippen LogP contribution in [0, 0.1) is 12.3 Å². The normalized spacial score (nSPS) is 33.0. The predicted octanol–water partition coefficient (Wildman–Crippen LogP) is 2.26. The van der Waals surface area contributed by atoms with E-state index < -0.39 is 5.60 Å². The van der Waals surface area contributed by atoms with Crippen molar-refractivity contribution in [3.8, 4) is 12.3 Å². The second-order valence-electron chi connectivity index (χ2n) is 3.51. The summed E-state index contributed by atoms with van der Waals surface area (Å²) < 4.78 is 0. The lowest BCUT2D eigenvalue weighted by atomic mass is 9.87. The van der Waals surface area contributed by atoms with E-state index in [1.165, 1.54) is 0 Å². The maximum atomic E-state index is 10.00. The van der Waals surface area contributed by atoms with Gasteiger partial charge in [0.05, 0.1) is 5.60 Å². The van der Waals surface area contributed by atoms with Crippen LogP contribution in [-0.2, 0) is 0 Å². The molecule has 0 saturated carbocycles. The number of hydrogen-bond acceptors (Lipinski definition) is 1. The third kappa shape index (κ3) is 2.71. The van der Waals surface area contributed by atoms with Crippen LogP contribution in [0.1, 0.15) is 38.5 Å². The number of aliphatic hydroxyl groups is 1. The Kier molecular flexibility index (Phi) is 3.37. The molecule has 0 aliphatic heterocycles. The lowest BCUT2D eigenvalue weighted by molar-refractivity contribution is 0.0261. The van der Waals surface area contributed by atoms with Crippen LogP contribution in [-0.4, -0.2) is 10.7 Å². The second kappa shape index (κ2) is 4.33. The van der Waals surface area contributed by atoms with Crippen molar-refractivity contribution in [3.63, 3.8) is 0 Å². The van der Waals surface area contributed by atoms with Gasteiger partial charge in [0, 0.05) is 6.42 Å². The molecule has 1 heteroatoms. The highest BCUT2D eigenvalue weighted by Crippen LogP contribution is 2.26. The minimum atomic E-state index is -0.584. The van der Waals surface area contributed by atoms with Gasteiger partial charge in [0.25, 0.3) is 0 Å². The molecule has 0 spiro atoms. The van der Waals surface area contributed by atoms with Crippen molar-refractivity contribution in [2.45, 2.75) is 44.1 Å². The monoisotopic (exact) mass is 164 g/mol. The summed E-state index contributed by atoms with van der Waals surface area (Å²) in [5.41, 5.74) is -0.584. The molecule has 0 unspecified atom stereocenters. The topological polar surface area (TPSA) is 20.2 Å². The Balaban J connectivity index is 2.52. The zero-order valence-corrected chi connectivity index (χ0v) is 7.42. The molecule has 66 valence electrons. The molecule has 1 N–H and O–H groups in total. The summed E-state index contributed by atoms with van der Waals surface area (Å²) in [6.45, 7) is 0. The lowest BCUT2D eigenvalue weighted by Gasteiger charge is -2.26. The average molecular weight is 164 g/mol. The Morgan fingerprint density at radius 2 is 2.08 bits per heavy atom. The Labute approximate surface area is 74.5 Å². The van der Waals surface area contributed by atoms with Gasteiger partial charge in [0.2, 0.25) is 0 Å². The fourth-order valence-corrected chi connectivity index (χ4v) is 1.63. The van der Waals surface area contributed by atoms with Gasteiger partial charge in [-0.1, -0.05) is 12.2 Å². The Bertz CT molecular complexity index is 200. The molecular formula is C11H16O. The van der Waals surface area contributed by atoms with E-state index in [-0.39, 0.29) is 0 Å². The SMILES string of the molecule is C#CC[C@]1(O)CC/C=C/CCC1. The maximum absolute atomic E-state index is 10.00. The lowest BCUT2D eigenvalue weighted by Crippen LogP contribution is -2.28. The van der Waals surface area contributed by atoms with Gasteiger partial charge in [0.15, 0.2) is 0 Å². The third-order valence-electron chi connectivity index (χ3n) is 2.39. The van der Waals surface area contributed by atoms with Crippen molar-refractivity contribution in [2.24, 2.45) is 0 Å². The molecule has 1 aliphatic rings. The quantitative estimate of drug-likeness (QED) is 0.465. The highest BCUT2D eigenvalue weighted by Gasteiger charge is 2.24. The molecule has 1 rings (SSSR count). The first-order valence-corrected chi connectivity index (χ1v) is 4.58. The molecule has 0 aromatic rings. The van der Waals surface area contributed by atoms with Crippen LogP contribution in [0.4, 0.5) is 0 Å². The fourth-order valence-electron chi connectivity index (χ4n) is 1.63. The van der Waals surface area contributed by atoms with E-state index in [2.05, 4.69) is 18.1 Å². The largest absolute Gasteiger partial charge is 0.389 e. The number of terminal acetylenes is 1. The van der Waals surface area contributed by atoms with Crippen molar-refractivity contribution in [3.05, 3.63) is 12.2 Å². The Morgan fingerprint density at radius 3 is 2.83 bits per heavy atom. The van der Waals surface area contributed by atoms with E-state index in [1.807, 2.05) is 0 Å². The Hall–Kier alpha value is -0.740. The minimum Gasteiger partial charge on any atom is -0.389 e. The molecule has 1 aliphatic carbocycles. The highest BCUT2D eigenvalue weighted by molar-refractivity contribution is 4.98. The molecule has 1 atom stereocenters. The van der Waals surface area contributed by atoms with Gasteiger partial charge >= 0.3 is 0 Å². The van der Waals surface area contributed by atoms with E-state index in [9.17, 15) is 5.11 Å². The second-order valence-corrected chi connectivity index (χ2v) is 3.51. The van der Waals surface area contributed by atoms with Crippen LogP contribution in [0.15, 0.2) is 12.2 Å². The summed E-state index contributed by atoms with van der Waals surface area (Å²) in [5.74, 6) is 2.55. The highest BCUT2D eigenvalue weighted by atomic mass is 16.3. The van der Waals surface area contributed by atoms with Crippen molar-refractivity contribution in [1.82, 2.24) is 0 Å². The van der Waals surface area contributed by atoms with Crippen LogP contribution in [0.25, 0.3) is 0 Å². The molecule has 1 nitrogen and oxygen atoms in total. The van der Waals surface area contributed by atoms with E-state index in [4.69, 9.17) is 6.42 Å². The first kappa shape index (κ1) is 9.35. The predicted molar refractivity (Wildman–Crippen MR) is 50.6 cm³/mol. The van der Waals surface area contributed by atoms with Gasteiger partial charge < -0.3 is 5.11 Å². The first-order valence-electron chi connectivity index (χ1n) is 4.58. The molecule has 0 saturated heterocycles. The van der Waals surface area contributed by atoms with Crippen LogP contribution in [0.5, 0.6) is 0 Å². The van der Waals surface area contributed by atoms with Crippen molar-refractivity contribution in [2.75, 3.05) is 0 Å². The molecule has 12 heavy (non-hydrogen) atoms. The van der Waals surface area contributed by atoms with E-state index >= 15 is 0 Å². The zero-order valence-electron chi connectivity index (χ0n) is 7.42. The summed E-state index contributed by atoms with van der Waals surface area (Å²) in [4.78, 5) is 0. The summed E-state index contributed by atoms with van der Waals surface area (Å²) in [7, 11) is 0. The van der Waals surface area contributed by atoms with Crippen LogP contribution in [0.3, 0.4) is 0 Å². The average Bonchev–Trinajstić information content (AvgIpc) is 1.99. The number of hydrogen-bond donors (Lipinski definition) is 1. The fraction of sp³-hybridized carbons (Fsp3) is 0.636. The maximum Gasteiger partial charge on any atom is 0.0759 e. The summed E-state index contributed by atoms with van der Waals surface area (Å²) in [6, 6.07) is 0. The first-order chi connectivity index (χ1) is 5.77. The molecule has 0 amide bonds. The Morgan fingerprint density at radius 1 is 1.33 bits per heavy atom. The van der Waals surface area contributed by atoms with E-state index in [1.54, 1.807) is 0 Å². The van der Waals surface area contributed by atoms with E-state index in [0.717, 1.165) is 32.1 Å². The van der Waals surface area contributed by atoms with Crippen LogP contribution >= 0.6 is 0 Å². The third-order valence-corrected chi connectivity index (χ3v) is 2.39. The van der Waals surface area contributed by atoms with Gasteiger partial charge in [-0.05, 0) is 32.1 Å². The molecule has 0 heterocycles. The van der Waals surface area contributed by atoms with Gasteiger partial charge in [-0.2, -0.15) is 0 Å². The number of rotatable bonds is 1. The summed E-state index contributed by atoms with van der Waals surface area (Å²) in [5, 5.41) is 10.00. The van der Waals surface area contributed by atoms with Gasteiger partial charge in [0.1, 0.15) is 0 Å². The smallest absolute Gasteiger partial charge is 0.0759 e. The van der Waals surface area contributed by atoms with Gasteiger partial charge in [-0.3, -0.25) is 0 Å². The van der Waals surface area contributed by atoms with Crippen LogP contribution < -0.4 is 0 Å². The van der Waals surface area contributed by atoms with Gasteiger partial charge in [-0.25, -0.2) is 0 Å². The molecular weight excluding hydrogens is 148 g/mol. The van der Waals surface area contributed by atoms with Crippen molar-refractivity contribution in [1.29, 1.82) is 0 Å². The standard InChI is InChI=1S/C11H16O/c1-2-8-11(12)9-6-4-3-5-7-10-11/h1,3-4,12H,5-10H2/b4-3+/t11-/m0/s1. The minimum absolute atomic E-state index is 0.501. The summed E-state index contributed by atoms with van der Waals surface area (Å²) in [6.07, 6.45) is 14.8. The van der Waals surface area contributed by atoms with Crippen molar-refractivity contribution >= 4 is 0 Å². The zero-order chi connectivity index (χ0) is 8.86. The van der Waals surface area contributed by atoms with Crippen molar-refractivity contribution < 1.29 is 5.11 Å².